The van der Waals surface area contributed by atoms with Crippen molar-refractivity contribution >= 4 is 58.6 Å². The molecule has 0 N–H and O–H groups in total. The van der Waals surface area contributed by atoms with Gasteiger partial charge in [0.1, 0.15) is 0 Å². The minimum absolute atomic E-state index is 0. The number of carbonyl (C=O) groups is 2. The van der Waals surface area contributed by atoms with Crippen molar-refractivity contribution in [3.05, 3.63) is 75.0 Å². The number of ether oxygens (including phenoxy) is 2. The summed E-state index contributed by atoms with van der Waals surface area (Å²) in [5.74, 6) is 0.396. The van der Waals surface area contributed by atoms with E-state index in [-0.39, 0.29) is 75.2 Å². The summed E-state index contributed by atoms with van der Waals surface area (Å²) in [5.41, 5.74) is 1.18. The van der Waals surface area contributed by atoms with Crippen molar-refractivity contribution in [3.63, 3.8) is 0 Å². The van der Waals surface area contributed by atoms with E-state index in [1.54, 1.807) is 0 Å². The van der Waals surface area contributed by atoms with Crippen LogP contribution < -0.4 is 51.4 Å². The fourth-order valence-electron chi connectivity index (χ4n) is 2.72. The second-order valence-electron chi connectivity index (χ2n) is 7.27. The average molecular weight is 636 g/mol. The fraction of sp³-hybridized carbons (Fsp3) is 0.375. The first kappa shape index (κ1) is 35.9. The molecule has 192 valence electrons. The Morgan fingerprint density at radius 1 is 0.944 bits per heavy atom. The zero-order chi connectivity index (χ0) is 26.4. The Kier molecular flexibility index (Phi) is 19.9. The largest absolute Gasteiger partial charge is 1.00 e. The molecule has 0 aliphatic heterocycles. The second-order valence-corrected chi connectivity index (χ2v) is 9.05. The van der Waals surface area contributed by atoms with Gasteiger partial charge in [-0.25, -0.2) is 0 Å². The van der Waals surface area contributed by atoms with E-state index in [0.29, 0.717) is 19.1 Å². The predicted octanol–water partition coefficient (Wildman–Crippen LogP) is 4.77. The van der Waals surface area contributed by atoms with Crippen LogP contribution in [0.5, 0.6) is 0 Å². The maximum absolute atomic E-state index is 11.4. The standard InChI is InChI=1S/C12H13ClO2.C6H4BrCl.C6H9O2.BF3.K/c1-2-15-12(14)11-7-10(11)8-3-5-9(13)6-4-8;7-5-1-3-6(8)4-2-5;1-2-8-6(7)5-3-4-5;2-1(3)4;/h3-6,10-11H,2,7H2,1H3;1-4H;3,5H,2,4H2,1H3;;/q;;-1;;+1/t10-,11-;;5-;;/m1.0../s1. The number of carbonyl (C=O) groups excluding carboxylic acids is 2. The average Bonchev–Trinajstić information content (AvgIpc) is 3.70. The molecule has 0 saturated heterocycles. The van der Waals surface area contributed by atoms with Gasteiger partial charge in [0.15, 0.2) is 0 Å². The first-order chi connectivity index (χ1) is 16.6. The van der Waals surface area contributed by atoms with Crippen molar-refractivity contribution in [1.82, 2.24) is 0 Å². The van der Waals surface area contributed by atoms with Gasteiger partial charge in [-0.15, -0.1) is 0 Å². The first-order valence-corrected chi connectivity index (χ1v) is 12.4. The summed E-state index contributed by atoms with van der Waals surface area (Å²) in [5, 5.41) is 1.50. The molecule has 0 unspecified atom stereocenters. The van der Waals surface area contributed by atoms with E-state index in [1.165, 1.54) is 5.56 Å². The monoisotopic (exact) mass is 634 g/mol. The van der Waals surface area contributed by atoms with Gasteiger partial charge < -0.3 is 15.9 Å². The first-order valence-electron chi connectivity index (χ1n) is 10.8. The summed E-state index contributed by atoms with van der Waals surface area (Å²) in [4.78, 5) is 22.0. The molecule has 0 spiro atoms. The summed E-state index contributed by atoms with van der Waals surface area (Å²) in [6.45, 7) is 4.61. The molecule has 12 heteroatoms. The Balaban J connectivity index is 0.000000499. The molecule has 36 heavy (non-hydrogen) atoms. The molecule has 2 aromatic carbocycles. The van der Waals surface area contributed by atoms with Crippen LogP contribution >= 0.6 is 39.1 Å². The molecule has 0 amide bonds. The second kappa shape index (κ2) is 19.9. The minimum Gasteiger partial charge on any atom is -0.468 e. The number of esters is 2. The third-order valence-electron chi connectivity index (χ3n) is 4.54. The van der Waals surface area contributed by atoms with E-state index >= 15 is 0 Å². The van der Waals surface area contributed by atoms with Gasteiger partial charge in [0.05, 0.1) is 19.1 Å². The van der Waals surface area contributed by atoms with Crippen molar-refractivity contribution in [1.29, 1.82) is 0 Å². The quantitative estimate of drug-likeness (QED) is 0.270. The Hall–Kier alpha value is -0.0687. The molecule has 0 heterocycles. The number of rotatable bonds is 5. The van der Waals surface area contributed by atoms with Gasteiger partial charge in [-0.1, -0.05) is 57.2 Å². The van der Waals surface area contributed by atoms with E-state index in [4.69, 9.17) is 32.7 Å². The summed E-state index contributed by atoms with van der Waals surface area (Å²) < 4.78 is 39.7. The Labute approximate surface area is 271 Å². The summed E-state index contributed by atoms with van der Waals surface area (Å²) in [6.07, 6.45) is 3.76. The van der Waals surface area contributed by atoms with Gasteiger partial charge in [-0.05, 0) is 68.1 Å². The molecular weight excluding hydrogens is 610 g/mol. The van der Waals surface area contributed by atoms with E-state index in [0.717, 1.165) is 27.4 Å². The molecule has 2 aliphatic carbocycles. The molecular formula is C24H26BBrCl2F3KO4. The van der Waals surface area contributed by atoms with Gasteiger partial charge in [0.2, 0.25) is 0 Å². The van der Waals surface area contributed by atoms with E-state index in [9.17, 15) is 22.5 Å². The summed E-state index contributed by atoms with van der Waals surface area (Å²) in [7, 11) is -3.67. The molecule has 4 nitrogen and oxygen atoms in total. The smallest absolute Gasteiger partial charge is 0.468 e. The summed E-state index contributed by atoms with van der Waals surface area (Å²) in [6, 6.07) is 15.2. The normalized spacial score (nSPS) is 18.2. The zero-order valence-electron chi connectivity index (χ0n) is 20.2. The Morgan fingerprint density at radius 3 is 1.75 bits per heavy atom. The number of benzene rings is 2. The van der Waals surface area contributed by atoms with E-state index in [2.05, 4.69) is 15.9 Å². The van der Waals surface area contributed by atoms with Gasteiger partial charge in [0.25, 0.3) is 5.97 Å². The molecule has 3 atom stereocenters. The maximum Gasteiger partial charge on any atom is 1.00 e. The van der Waals surface area contributed by atoms with Crippen molar-refractivity contribution in [3.8, 4) is 0 Å². The summed E-state index contributed by atoms with van der Waals surface area (Å²) >= 11 is 14.7. The van der Waals surface area contributed by atoms with Crippen LogP contribution in [0.2, 0.25) is 10.0 Å². The van der Waals surface area contributed by atoms with E-state index < -0.39 is 7.54 Å². The topological polar surface area (TPSA) is 52.6 Å². The van der Waals surface area contributed by atoms with Gasteiger partial charge >= 0.3 is 64.9 Å². The molecule has 4 rings (SSSR count). The van der Waals surface area contributed by atoms with Crippen molar-refractivity contribution in [2.75, 3.05) is 13.2 Å². The van der Waals surface area contributed by atoms with Crippen LogP contribution in [-0.4, -0.2) is 32.7 Å². The molecule has 2 fully saturated rings. The van der Waals surface area contributed by atoms with Gasteiger partial charge in [0, 0.05) is 14.5 Å². The maximum atomic E-state index is 11.4. The third kappa shape index (κ3) is 16.7. The molecule has 0 bridgehead atoms. The Morgan fingerprint density at radius 2 is 1.36 bits per heavy atom. The van der Waals surface area contributed by atoms with Crippen LogP contribution in [0.15, 0.2) is 53.0 Å². The number of hydrogen-bond donors (Lipinski definition) is 0. The van der Waals surface area contributed by atoms with Crippen molar-refractivity contribution < 1.29 is 83.4 Å². The number of hydrogen-bond acceptors (Lipinski definition) is 4. The predicted molar refractivity (Wildman–Crippen MR) is 136 cm³/mol. The van der Waals surface area contributed by atoms with Gasteiger partial charge in [-0.2, -0.15) is 6.42 Å². The van der Waals surface area contributed by atoms with Crippen LogP contribution in [0.25, 0.3) is 0 Å². The zero-order valence-corrected chi connectivity index (χ0v) is 26.5. The van der Waals surface area contributed by atoms with Gasteiger partial charge in [-0.3, -0.25) is 22.5 Å². The van der Waals surface area contributed by atoms with Crippen LogP contribution in [0.4, 0.5) is 12.9 Å². The molecule has 2 aromatic rings. The van der Waals surface area contributed by atoms with Crippen LogP contribution in [0, 0.1) is 18.3 Å². The van der Waals surface area contributed by atoms with Crippen molar-refractivity contribution in [2.45, 2.75) is 32.6 Å². The van der Waals surface area contributed by atoms with Crippen LogP contribution in [0.1, 0.15) is 38.2 Å². The third-order valence-corrected chi connectivity index (χ3v) is 5.57. The fourth-order valence-corrected chi connectivity index (χ4v) is 3.24. The van der Waals surface area contributed by atoms with E-state index in [1.807, 2.05) is 68.8 Å². The molecule has 2 aliphatic rings. The molecule has 0 radical (unpaired) electrons. The van der Waals surface area contributed by atoms with Crippen molar-refractivity contribution in [2.24, 2.45) is 11.8 Å². The Bertz CT molecular complexity index is 883. The molecule has 0 aromatic heterocycles. The number of halogens is 6. The SMILES string of the molecule is CCOC(=O)[C@@H]1C[C@@H]1c1ccc(Cl)cc1.CCOC(=O)[C@H]1[CH-]C1.Clc1ccc(Br)cc1.FB(F)F.[K+]. The molecule has 2 saturated carbocycles. The van der Waals surface area contributed by atoms with Crippen LogP contribution in [-0.2, 0) is 19.1 Å². The minimum atomic E-state index is -3.67. The van der Waals surface area contributed by atoms with Crippen LogP contribution in [0.3, 0.4) is 0 Å².